The maximum Gasteiger partial charge on any atom is 0.229 e. The highest BCUT2D eigenvalue weighted by Gasteiger charge is 2.23. The lowest BCUT2D eigenvalue weighted by Crippen LogP contribution is -2.42. The lowest BCUT2D eigenvalue weighted by Gasteiger charge is -2.12. The van der Waals surface area contributed by atoms with Crippen LogP contribution in [0.5, 0.6) is 0 Å². The minimum atomic E-state index is 0.551. The monoisotopic (exact) mass is 752 g/mol. The Bertz CT molecular complexity index is 3510. The summed E-state index contributed by atoms with van der Waals surface area (Å²) in [6.45, 7) is 0.551. The van der Waals surface area contributed by atoms with Gasteiger partial charge in [0.15, 0.2) is 0 Å². The molecule has 0 bridgehead atoms. The quantitative estimate of drug-likeness (QED) is 0.125. The van der Waals surface area contributed by atoms with Crippen LogP contribution in [-0.4, -0.2) is 9.55 Å². The van der Waals surface area contributed by atoms with Crippen molar-refractivity contribution in [3.05, 3.63) is 212 Å². The van der Waals surface area contributed by atoms with Crippen molar-refractivity contribution in [2.24, 2.45) is 0 Å². The third-order valence-corrected chi connectivity index (χ3v) is 12.0. The van der Waals surface area contributed by atoms with Crippen LogP contribution in [-0.2, 0) is 6.54 Å². The lowest BCUT2D eigenvalue weighted by atomic mass is 9.91. The Morgan fingerprint density at radius 1 is 0.390 bits per heavy atom. The molecule has 0 aliphatic heterocycles. The first-order valence-corrected chi connectivity index (χ1v) is 20.2. The average Bonchev–Trinajstić information content (AvgIpc) is 3.87. The van der Waals surface area contributed by atoms with Gasteiger partial charge < -0.3 is 10.1 Å². The van der Waals surface area contributed by atoms with E-state index < -0.39 is 0 Å². The molecule has 2 aromatic heterocycles. The molecule has 0 unspecified atom stereocenters. The third kappa shape index (κ3) is 5.45. The first-order valence-electron chi connectivity index (χ1n) is 20.2. The molecule has 0 saturated carbocycles. The van der Waals surface area contributed by atoms with Gasteiger partial charge in [-0.25, -0.2) is 4.57 Å². The minimum absolute atomic E-state index is 0.551. The smallest absolute Gasteiger partial charge is 0.229 e. The molecule has 2 heterocycles. The summed E-state index contributed by atoms with van der Waals surface area (Å²) in [4.78, 5) is 5.47. The van der Waals surface area contributed by atoms with Gasteiger partial charge in [0.1, 0.15) is 11.0 Å². The molecule has 0 fully saturated rings. The van der Waals surface area contributed by atoms with Crippen molar-refractivity contribution in [2.45, 2.75) is 6.54 Å². The second-order valence-corrected chi connectivity index (χ2v) is 15.4. The van der Waals surface area contributed by atoms with E-state index in [2.05, 4.69) is 216 Å². The van der Waals surface area contributed by atoms with Crippen molar-refractivity contribution >= 4 is 64.9 Å². The summed E-state index contributed by atoms with van der Waals surface area (Å²) in [6.07, 6.45) is 0. The van der Waals surface area contributed by atoms with Crippen molar-refractivity contribution in [1.82, 2.24) is 14.6 Å². The van der Waals surface area contributed by atoms with Crippen molar-refractivity contribution in [1.29, 1.82) is 0 Å². The Balaban J connectivity index is 1.13. The molecular weight excluding hydrogens is 717 g/mol. The van der Waals surface area contributed by atoms with Gasteiger partial charge in [0.2, 0.25) is 5.95 Å². The average molecular weight is 753 g/mol. The molecule has 0 aliphatic rings. The fourth-order valence-electron chi connectivity index (χ4n) is 9.18. The number of rotatable bonds is 6. The predicted molar refractivity (Wildman–Crippen MR) is 244 cm³/mol. The van der Waals surface area contributed by atoms with Gasteiger partial charge in [0, 0.05) is 16.2 Å². The SMILES string of the molecule is c1ccc(-c2ccc(C[n+]3[n-]c(-c4ccc(-c5ccccc5)cc4)nc3-n3c4cc5ccccc5cc4c4c5c6ccccc6c6ccccc6c5ccc43)cc2)cc1. The fraction of sp³-hybridized carbons (Fsp3) is 0.0182. The zero-order chi connectivity index (χ0) is 38.9. The molecular formula is C55H36N4. The highest BCUT2D eigenvalue weighted by Crippen LogP contribution is 2.44. The second kappa shape index (κ2) is 13.4. The Labute approximate surface area is 340 Å². The fourth-order valence-corrected chi connectivity index (χ4v) is 9.18. The molecule has 12 rings (SSSR count). The van der Waals surface area contributed by atoms with Crippen LogP contribution in [0.4, 0.5) is 0 Å². The normalized spacial score (nSPS) is 11.8. The van der Waals surface area contributed by atoms with Gasteiger partial charge in [0.05, 0.1) is 6.54 Å². The van der Waals surface area contributed by atoms with E-state index in [4.69, 9.17) is 10.1 Å². The van der Waals surface area contributed by atoms with E-state index >= 15 is 0 Å². The highest BCUT2D eigenvalue weighted by atomic mass is 15.4. The molecule has 276 valence electrons. The Morgan fingerprint density at radius 3 is 1.53 bits per heavy atom. The lowest BCUT2D eigenvalue weighted by molar-refractivity contribution is -0.741. The molecule has 4 heteroatoms. The van der Waals surface area contributed by atoms with Gasteiger partial charge in [-0.05, 0) is 95.1 Å². The van der Waals surface area contributed by atoms with E-state index in [1.165, 1.54) is 70.6 Å². The first kappa shape index (κ1) is 33.3. The second-order valence-electron chi connectivity index (χ2n) is 15.4. The molecule has 0 N–H and O–H groups in total. The highest BCUT2D eigenvalue weighted by molar-refractivity contribution is 6.35. The standard InChI is InChI=1S/C55H36N4/c1-3-13-37(14-4-1)39-25-23-36(24-26-39)35-58-55(56-54(57-58)41-29-27-40(28-30-41)38-15-5-2-6-16-38)59-50-32-31-48-46-21-10-9-19-44(46)45-20-11-12-22-47(45)52(48)53(50)49-33-42-17-7-8-18-43(42)34-51(49)59/h1-34H,35H2. The molecule has 0 amide bonds. The molecule has 4 nitrogen and oxygen atoms in total. The predicted octanol–water partition coefficient (Wildman–Crippen LogP) is 13.1. The van der Waals surface area contributed by atoms with Crippen LogP contribution in [0.1, 0.15) is 5.56 Å². The number of fused-ring (bicyclic) bond motifs is 11. The van der Waals surface area contributed by atoms with E-state index in [-0.39, 0.29) is 0 Å². The van der Waals surface area contributed by atoms with Crippen LogP contribution in [0.15, 0.2) is 206 Å². The zero-order valence-electron chi connectivity index (χ0n) is 32.1. The number of nitrogens with zero attached hydrogens (tertiary/aromatic N) is 4. The van der Waals surface area contributed by atoms with E-state index in [1.54, 1.807) is 0 Å². The zero-order valence-corrected chi connectivity index (χ0v) is 32.1. The van der Waals surface area contributed by atoms with E-state index in [1.807, 2.05) is 0 Å². The molecule has 0 spiro atoms. The van der Waals surface area contributed by atoms with Gasteiger partial charge >= 0.3 is 0 Å². The first-order chi connectivity index (χ1) is 29.2. The Hall–Kier alpha value is -7.82. The number of hydrogen-bond donors (Lipinski definition) is 0. The summed E-state index contributed by atoms with van der Waals surface area (Å²) >= 11 is 0. The number of hydrogen-bond acceptors (Lipinski definition) is 1. The summed E-state index contributed by atoms with van der Waals surface area (Å²) < 4.78 is 4.45. The van der Waals surface area contributed by atoms with Crippen LogP contribution < -0.4 is 9.78 Å². The molecule has 0 radical (unpaired) electrons. The topological polar surface area (TPSA) is 35.8 Å². The molecule has 0 saturated heterocycles. The Kier molecular flexibility index (Phi) is 7.57. The minimum Gasteiger partial charge on any atom is -0.375 e. The van der Waals surface area contributed by atoms with Crippen molar-refractivity contribution in [3.63, 3.8) is 0 Å². The van der Waals surface area contributed by atoms with Gasteiger partial charge in [-0.3, -0.25) is 4.68 Å². The van der Waals surface area contributed by atoms with Crippen LogP contribution in [0.2, 0.25) is 0 Å². The van der Waals surface area contributed by atoms with Gasteiger partial charge in [0.25, 0.3) is 0 Å². The van der Waals surface area contributed by atoms with Gasteiger partial charge in [-0.1, -0.05) is 188 Å². The van der Waals surface area contributed by atoms with Crippen LogP contribution in [0.3, 0.4) is 0 Å². The van der Waals surface area contributed by atoms with Crippen molar-refractivity contribution in [2.75, 3.05) is 0 Å². The molecule has 10 aromatic carbocycles. The maximum absolute atomic E-state index is 5.47. The summed E-state index contributed by atoms with van der Waals surface area (Å²) in [5, 5.41) is 17.7. The van der Waals surface area contributed by atoms with Crippen LogP contribution in [0, 0.1) is 0 Å². The molecule has 0 aliphatic carbocycles. The van der Waals surface area contributed by atoms with E-state index in [9.17, 15) is 0 Å². The largest absolute Gasteiger partial charge is 0.375 e. The summed E-state index contributed by atoms with van der Waals surface area (Å²) in [5.74, 6) is 1.47. The molecule has 12 aromatic rings. The summed E-state index contributed by atoms with van der Waals surface area (Å²) in [6, 6.07) is 74.2. The third-order valence-electron chi connectivity index (χ3n) is 12.0. The molecule has 0 atom stereocenters. The van der Waals surface area contributed by atoms with Crippen LogP contribution in [0.25, 0.3) is 104 Å². The van der Waals surface area contributed by atoms with Gasteiger partial charge in [-0.2, -0.15) is 0 Å². The van der Waals surface area contributed by atoms with Crippen LogP contribution >= 0.6 is 0 Å². The number of aromatic nitrogens is 4. The summed E-state index contributed by atoms with van der Waals surface area (Å²) in [7, 11) is 0. The molecule has 59 heavy (non-hydrogen) atoms. The van der Waals surface area contributed by atoms with Crippen molar-refractivity contribution in [3.8, 4) is 39.6 Å². The maximum atomic E-state index is 5.47. The van der Waals surface area contributed by atoms with Gasteiger partial charge in [-0.15, -0.1) is 0 Å². The van der Waals surface area contributed by atoms with Crippen molar-refractivity contribution < 1.29 is 4.68 Å². The van der Waals surface area contributed by atoms with E-state index in [0.717, 1.165) is 33.7 Å². The number of benzene rings is 10. The Morgan fingerprint density at radius 2 is 0.881 bits per heavy atom. The van der Waals surface area contributed by atoms with E-state index in [0.29, 0.717) is 12.4 Å². The summed E-state index contributed by atoms with van der Waals surface area (Å²) in [5.41, 5.74) is 9.05.